The van der Waals surface area contributed by atoms with Gasteiger partial charge in [-0.15, -0.1) is 0 Å². The zero-order valence-corrected chi connectivity index (χ0v) is 20.3. The van der Waals surface area contributed by atoms with Gasteiger partial charge in [-0.05, 0) is 61.0 Å². The Morgan fingerprint density at radius 3 is 2.73 bits per heavy atom. The normalized spacial score (nSPS) is 16.4. The number of rotatable bonds is 6. The number of benzene rings is 2. The molecule has 33 heavy (non-hydrogen) atoms. The maximum Gasteiger partial charge on any atom is 0.258 e. The van der Waals surface area contributed by atoms with Crippen LogP contribution in [0.3, 0.4) is 0 Å². The summed E-state index contributed by atoms with van der Waals surface area (Å²) in [5, 5.41) is 8.74. The van der Waals surface area contributed by atoms with Gasteiger partial charge in [0, 0.05) is 22.8 Å². The van der Waals surface area contributed by atoms with E-state index < -0.39 is 5.82 Å². The van der Waals surface area contributed by atoms with Crippen molar-refractivity contribution in [3.8, 4) is 17.1 Å². The number of nitrogens with zero attached hydrogens (tertiary/aromatic N) is 3. The van der Waals surface area contributed by atoms with Crippen LogP contribution in [0.4, 0.5) is 4.39 Å². The third kappa shape index (κ3) is 4.72. The molecule has 1 aliphatic heterocycles. The predicted octanol–water partition coefficient (Wildman–Crippen LogP) is 5.86. The van der Waals surface area contributed by atoms with Gasteiger partial charge >= 0.3 is 0 Å². The Labute approximate surface area is 202 Å². The Balaban J connectivity index is 1.81. The summed E-state index contributed by atoms with van der Waals surface area (Å²) in [6, 6.07) is 11.8. The third-order valence-electron chi connectivity index (χ3n) is 5.39. The van der Waals surface area contributed by atoms with Gasteiger partial charge in [-0.2, -0.15) is 4.98 Å². The van der Waals surface area contributed by atoms with Gasteiger partial charge in [-0.25, -0.2) is 4.39 Å². The second kappa shape index (κ2) is 9.49. The number of allylic oxidation sites excluding steroid dienone is 1. The van der Waals surface area contributed by atoms with Crippen molar-refractivity contribution in [1.82, 2.24) is 20.4 Å². The smallest absolute Gasteiger partial charge is 0.258 e. The lowest BCUT2D eigenvalue weighted by Crippen LogP contribution is -2.47. The summed E-state index contributed by atoms with van der Waals surface area (Å²) in [7, 11) is 1.42. The monoisotopic (exact) mass is 486 g/mol. The number of ether oxygens (including phenoxy) is 1. The van der Waals surface area contributed by atoms with E-state index in [1.165, 1.54) is 19.2 Å². The second-order valence-corrected chi connectivity index (χ2v) is 9.04. The summed E-state index contributed by atoms with van der Waals surface area (Å²) in [6.45, 7) is 6.97. The molecule has 0 radical (unpaired) electrons. The van der Waals surface area contributed by atoms with Crippen molar-refractivity contribution in [2.24, 2.45) is 5.92 Å². The fourth-order valence-corrected chi connectivity index (χ4v) is 4.36. The molecule has 1 unspecified atom stereocenters. The van der Waals surface area contributed by atoms with Crippen molar-refractivity contribution < 1.29 is 13.7 Å². The van der Waals surface area contributed by atoms with Crippen LogP contribution in [0.2, 0.25) is 5.02 Å². The molecular formula is C24H24ClFN4O2S. The van der Waals surface area contributed by atoms with Crippen molar-refractivity contribution in [1.29, 1.82) is 0 Å². The molecule has 2 heterocycles. The maximum atomic E-state index is 14.2. The first-order valence-electron chi connectivity index (χ1n) is 10.5. The summed E-state index contributed by atoms with van der Waals surface area (Å²) >= 11 is 12.0. The average molecular weight is 487 g/mol. The average Bonchev–Trinajstić information content (AvgIpc) is 3.25. The molecule has 9 heteroatoms. The van der Waals surface area contributed by atoms with Crippen molar-refractivity contribution >= 4 is 34.5 Å². The number of hydrogen-bond donors (Lipinski definition) is 1. The minimum Gasteiger partial charge on any atom is -0.494 e. The zero-order chi connectivity index (χ0) is 23.7. The fourth-order valence-electron chi connectivity index (χ4n) is 3.84. The van der Waals surface area contributed by atoms with Crippen LogP contribution in [0, 0.1) is 11.7 Å². The van der Waals surface area contributed by atoms with E-state index in [1.54, 1.807) is 6.07 Å². The molecule has 0 fully saturated rings. The second-order valence-electron chi connectivity index (χ2n) is 8.21. The van der Waals surface area contributed by atoms with E-state index in [0.717, 1.165) is 23.4 Å². The zero-order valence-electron chi connectivity index (χ0n) is 18.7. The third-order valence-corrected chi connectivity index (χ3v) is 5.97. The highest BCUT2D eigenvalue weighted by Gasteiger charge is 2.34. The molecule has 4 rings (SSSR count). The van der Waals surface area contributed by atoms with E-state index in [0.29, 0.717) is 27.5 Å². The van der Waals surface area contributed by atoms with Gasteiger partial charge in [0.1, 0.15) is 0 Å². The summed E-state index contributed by atoms with van der Waals surface area (Å²) in [5.74, 6) is 0.634. The van der Waals surface area contributed by atoms with Gasteiger partial charge in [-0.3, -0.25) is 0 Å². The summed E-state index contributed by atoms with van der Waals surface area (Å²) < 4.78 is 24.9. The van der Waals surface area contributed by atoms with E-state index in [1.807, 2.05) is 36.1 Å². The molecule has 0 spiro atoms. The maximum absolute atomic E-state index is 14.2. The molecular weight excluding hydrogens is 463 g/mol. The molecule has 0 saturated heterocycles. The van der Waals surface area contributed by atoms with Gasteiger partial charge in [0.15, 0.2) is 16.7 Å². The Morgan fingerprint density at radius 1 is 1.27 bits per heavy atom. The Kier molecular flexibility index (Phi) is 6.67. The molecule has 0 bridgehead atoms. The molecule has 0 saturated carbocycles. The van der Waals surface area contributed by atoms with Crippen molar-refractivity contribution in [2.75, 3.05) is 13.7 Å². The SMILES string of the molecule is COc1ccc(-c2noc(C3=C(C)N(CC(C)C)C(=S)NC3c3cccc(Cl)c3)n2)cc1F. The summed E-state index contributed by atoms with van der Waals surface area (Å²) in [5.41, 5.74) is 3.10. The molecule has 2 aromatic carbocycles. The predicted molar refractivity (Wildman–Crippen MR) is 130 cm³/mol. The van der Waals surface area contributed by atoms with Gasteiger partial charge in [0.25, 0.3) is 5.89 Å². The number of halogens is 2. The van der Waals surface area contributed by atoms with Crippen LogP contribution in [0.15, 0.2) is 52.7 Å². The van der Waals surface area contributed by atoms with Crippen LogP contribution in [-0.4, -0.2) is 33.8 Å². The molecule has 1 aliphatic rings. The quantitative estimate of drug-likeness (QED) is 0.438. The molecule has 1 atom stereocenters. The first-order chi connectivity index (χ1) is 15.8. The van der Waals surface area contributed by atoms with Crippen molar-refractivity contribution in [2.45, 2.75) is 26.8 Å². The van der Waals surface area contributed by atoms with Crippen molar-refractivity contribution in [3.63, 3.8) is 0 Å². The first-order valence-corrected chi connectivity index (χ1v) is 11.3. The Hall–Kier alpha value is -2.97. The molecule has 1 aromatic heterocycles. The number of nitrogens with one attached hydrogen (secondary N) is 1. The topological polar surface area (TPSA) is 63.4 Å². The number of aromatic nitrogens is 2. The van der Waals surface area contributed by atoms with Crippen LogP contribution < -0.4 is 10.1 Å². The summed E-state index contributed by atoms with van der Waals surface area (Å²) in [4.78, 5) is 6.64. The number of thiocarbonyl (C=S) groups is 1. The Bertz CT molecular complexity index is 1230. The van der Waals surface area contributed by atoms with E-state index in [-0.39, 0.29) is 17.6 Å². The minimum atomic E-state index is -0.499. The number of methoxy groups -OCH3 is 1. The molecule has 0 amide bonds. The fraction of sp³-hybridized carbons (Fsp3) is 0.292. The van der Waals surface area contributed by atoms with Crippen LogP contribution >= 0.6 is 23.8 Å². The van der Waals surface area contributed by atoms with E-state index in [4.69, 9.17) is 33.1 Å². The van der Waals surface area contributed by atoms with Crippen LogP contribution in [0.5, 0.6) is 5.75 Å². The van der Waals surface area contributed by atoms with Gasteiger partial charge < -0.3 is 19.5 Å². The lowest BCUT2D eigenvalue weighted by molar-refractivity contribution is 0.385. The van der Waals surface area contributed by atoms with Crippen LogP contribution in [0.1, 0.15) is 38.3 Å². The standard InChI is InChI=1S/C24H24ClFN4O2S/c1-13(2)12-30-14(3)20(21(27-24(30)33)15-6-5-7-17(25)10-15)23-28-22(29-32-23)16-8-9-19(31-4)18(26)11-16/h5-11,13,21H,12H2,1-4H3,(H,27,33). The number of hydrogen-bond acceptors (Lipinski definition) is 5. The Morgan fingerprint density at radius 2 is 2.06 bits per heavy atom. The molecule has 172 valence electrons. The minimum absolute atomic E-state index is 0.149. The lowest BCUT2D eigenvalue weighted by Gasteiger charge is -2.38. The highest BCUT2D eigenvalue weighted by atomic mass is 35.5. The van der Waals surface area contributed by atoms with E-state index >= 15 is 0 Å². The first kappa shape index (κ1) is 23.2. The van der Waals surface area contributed by atoms with E-state index in [9.17, 15) is 4.39 Å². The summed E-state index contributed by atoms with van der Waals surface area (Å²) in [6.07, 6.45) is 0. The van der Waals surface area contributed by atoms with E-state index in [2.05, 4.69) is 29.3 Å². The van der Waals surface area contributed by atoms with Gasteiger partial charge in [0.05, 0.1) is 18.7 Å². The van der Waals surface area contributed by atoms with Crippen molar-refractivity contribution in [3.05, 3.63) is 70.5 Å². The molecule has 0 aliphatic carbocycles. The highest BCUT2D eigenvalue weighted by Crippen LogP contribution is 2.38. The van der Waals surface area contributed by atoms with Crippen LogP contribution in [0.25, 0.3) is 17.0 Å². The molecule has 3 aromatic rings. The van der Waals surface area contributed by atoms with Gasteiger partial charge in [-0.1, -0.05) is 42.7 Å². The van der Waals surface area contributed by atoms with Gasteiger partial charge in [0.2, 0.25) is 5.82 Å². The molecule has 6 nitrogen and oxygen atoms in total. The lowest BCUT2D eigenvalue weighted by atomic mass is 9.94. The largest absolute Gasteiger partial charge is 0.494 e. The molecule has 1 N–H and O–H groups in total. The van der Waals surface area contributed by atoms with Crippen LogP contribution in [-0.2, 0) is 0 Å². The highest BCUT2D eigenvalue weighted by molar-refractivity contribution is 7.80.